The largest absolute Gasteiger partial charge is 0.448 e. The highest BCUT2D eigenvalue weighted by atomic mass is 16.3. The maximum Gasteiger partial charge on any atom is 0.198 e. The molecule has 0 aliphatic heterocycles. The molecule has 3 aromatic rings. The van der Waals surface area contributed by atoms with Gasteiger partial charge >= 0.3 is 0 Å². The van der Waals surface area contributed by atoms with Gasteiger partial charge in [0.15, 0.2) is 5.89 Å². The van der Waals surface area contributed by atoms with Gasteiger partial charge < -0.3 is 4.42 Å². The summed E-state index contributed by atoms with van der Waals surface area (Å²) in [6.07, 6.45) is 6.41. The Kier molecular flexibility index (Phi) is 3.74. The van der Waals surface area contributed by atoms with Crippen molar-refractivity contribution in [1.82, 2.24) is 4.98 Å². The lowest BCUT2D eigenvalue weighted by molar-refractivity contribution is 0.507. The number of oxazole rings is 1. The van der Waals surface area contributed by atoms with Crippen LogP contribution in [0.2, 0.25) is 0 Å². The molecule has 0 spiro atoms. The molecule has 0 saturated heterocycles. The van der Waals surface area contributed by atoms with E-state index in [1.807, 2.05) is 48.6 Å². The Morgan fingerprint density at radius 3 is 2.30 bits per heavy atom. The van der Waals surface area contributed by atoms with Gasteiger partial charge in [-0.15, -0.1) is 0 Å². The fourth-order valence-corrected chi connectivity index (χ4v) is 2.00. The van der Waals surface area contributed by atoms with Crippen molar-refractivity contribution in [2.75, 3.05) is 0 Å². The highest BCUT2D eigenvalue weighted by Gasteiger charge is 2.02. The number of benzene rings is 2. The Morgan fingerprint density at radius 2 is 1.55 bits per heavy atom. The van der Waals surface area contributed by atoms with Crippen LogP contribution in [-0.4, -0.2) is 4.98 Å². The fourth-order valence-electron chi connectivity index (χ4n) is 2.00. The Balaban J connectivity index is 1.70. The number of aromatic nitrogens is 1. The molecule has 0 saturated carbocycles. The first-order valence-electron chi connectivity index (χ1n) is 6.61. The van der Waals surface area contributed by atoms with Gasteiger partial charge in [0.05, 0.1) is 0 Å². The first kappa shape index (κ1) is 12.4. The van der Waals surface area contributed by atoms with E-state index in [9.17, 15) is 0 Å². The van der Waals surface area contributed by atoms with Crippen molar-refractivity contribution in [2.45, 2.75) is 6.42 Å². The summed E-state index contributed by atoms with van der Waals surface area (Å²) < 4.78 is 5.49. The van der Waals surface area contributed by atoms with E-state index >= 15 is 0 Å². The molecule has 0 radical (unpaired) electrons. The minimum Gasteiger partial charge on any atom is -0.448 e. The van der Waals surface area contributed by atoms with E-state index in [2.05, 4.69) is 29.2 Å². The van der Waals surface area contributed by atoms with E-state index in [1.165, 1.54) is 5.56 Å². The molecule has 0 amide bonds. The van der Waals surface area contributed by atoms with Gasteiger partial charge in [-0.25, -0.2) is 4.98 Å². The Morgan fingerprint density at radius 1 is 0.850 bits per heavy atom. The van der Waals surface area contributed by atoms with Gasteiger partial charge in [0.1, 0.15) is 12.0 Å². The molecule has 98 valence electrons. The van der Waals surface area contributed by atoms with Gasteiger partial charge in [0.25, 0.3) is 0 Å². The highest BCUT2D eigenvalue weighted by Crippen LogP contribution is 2.11. The number of rotatable bonds is 4. The molecule has 0 fully saturated rings. The molecule has 0 atom stereocenters. The van der Waals surface area contributed by atoms with Crippen LogP contribution in [0.3, 0.4) is 0 Å². The third-order valence-electron chi connectivity index (χ3n) is 3.01. The van der Waals surface area contributed by atoms with Crippen molar-refractivity contribution in [3.63, 3.8) is 0 Å². The number of nitrogens with zero attached hydrogens (tertiary/aromatic N) is 1. The normalized spacial score (nSPS) is 11.0. The van der Waals surface area contributed by atoms with Gasteiger partial charge in [-0.05, 0) is 17.2 Å². The van der Waals surface area contributed by atoms with Crippen LogP contribution in [0.4, 0.5) is 0 Å². The zero-order valence-electron chi connectivity index (χ0n) is 11.1. The van der Waals surface area contributed by atoms with Crippen LogP contribution >= 0.6 is 0 Å². The molecule has 1 heterocycles. The number of hydrogen-bond donors (Lipinski definition) is 0. The molecular formula is C18H15NO. The van der Waals surface area contributed by atoms with Gasteiger partial charge in [0.2, 0.25) is 0 Å². The first-order chi connectivity index (χ1) is 9.90. The summed E-state index contributed by atoms with van der Waals surface area (Å²) in [5.41, 5.74) is 3.20. The lowest BCUT2D eigenvalue weighted by Crippen LogP contribution is -1.87. The molecule has 2 heteroatoms. The van der Waals surface area contributed by atoms with Crippen LogP contribution in [-0.2, 0) is 6.42 Å². The fraction of sp³-hybridized carbons (Fsp3) is 0.0556. The van der Waals surface area contributed by atoms with Crippen LogP contribution in [0.1, 0.15) is 22.7 Å². The summed E-state index contributed by atoms with van der Waals surface area (Å²) in [5, 5.41) is 0. The summed E-state index contributed by atoms with van der Waals surface area (Å²) in [4.78, 5) is 4.47. The maximum atomic E-state index is 5.49. The van der Waals surface area contributed by atoms with Gasteiger partial charge in [-0.2, -0.15) is 0 Å². The molecule has 0 aliphatic rings. The Bertz CT molecular complexity index is 684. The van der Waals surface area contributed by atoms with E-state index in [-0.39, 0.29) is 0 Å². The summed E-state index contributed by atoms with van der Waals surface area (Å²) in [6.45, 7) is 0. The molecule has 3 rings (SSSR count). The van der Waals surface area contributed by atoms with Crippen molar-refractivity contribution in [3.8, 4) is 0 Å². The van der Waals surface area contributed by atoms with Gasteiger partial charge in [0, 0.05) is 6.42 Å². The molecule has 20 heavy (non-hydrogen) atoms. The molecule has 0 aliphatic carbocycles. The molecule has 2 nitrogen and oxygen atoms in total. The lowest BCUT2D eigenvalue weighted by Gasteiger charge is -1.94. The van der Waals surface area contributed by atoms with Crippen LogP contribution in [0.15, 0.2) is 71.3 Å². The van der Waals surface area contributed by atoms with E-state index < -0.39 is 0 Å². The van der Waals surface area contributed by atoms with Gasteiger partial charge in [-0.1, -0.05) is 66.7 Å². The summed E-state index contributed by atoms with van der Waals surface area (Å²) in [5.74, 6) is 0.740. The summed E-state index contributed by atoms with van der Waals surface area (Å²) in [6, 6.07) is 20.4. The van der Waals surface area contributed by atoms with E-state index in [0.29, 0.717) is 0 Å². The van der Waals surface area contributed by atoms with Crippen LogP contribution in [0.25, 0.3) is 12.2 Å². The molecule has 0 N–H and O–H groups in total. The minimum atomic E-state index is 0.722. The van der Waals surface area contributed by atoms with E-state index in [0.717, 1.165) is 23.6 Å². The zero-order chi connectivity index (χ0) is 13.6. The smallest absolute Gasteiger partial charge is 0.198 e. The van der Waals surface area contributed by atoms with Crippen molar-refractivity contribution < 1.29 is 4.42 Å². The van der Waals surface area contributed by atoms with Crippen molar-refractivity contribution >= 4 is 12.2 Å². The van der Waals surface area contributed by atoms with Crippen LogP contribution in [0.5, 0.6) is 0 Å². The zero-order valence-corrected chi connectivity index (χ0v) is 11.1. The average Bonchev–Trinajstić information content (AvgIpc) is 2.95. The second kappa shape index (κ2) is 6.02. The topological polar surface area (TPSA) is 26.0 Å². The number of hydrogen-bond acceptors (Lipinski definition) is 2. The van der Waals surface area contributed by atoms with Gasteiger partial charge in [-0.3, -0.25) is 0 Å². The van der Waals surface area contributed by atoms with Crippen molar-refractivity contribution in [1.29, 1.82) is 0 Å². The Hall–Kier alpha value is -2.61. The predicted molar refractivity (Wildman–Crippen MR) is 81.1 cm³/mol. The van der Waals surface area contributed by atoms with Crippen LogP contribution < -0.4 is 0 Å². The SMILES string of the molecule is C(=Cc1coc(Cc2ccccc2)n1)c1ccccc1. The lowest BCUT2D eigenvalue weighted by atomic mass is 10.1. The third-order valence-corrected chi connectivity index (χ3v) is 3.01. The highest BCUT2D eigenvalue weighted by molar-refractivity contribution is 5.67. The minimum absolute atomic E-state index is 0.722. The standard InChI is InChI=1S/C18H15NO/c1-3-7-15(8-4-1)11-12-17-14-20-18(19-17)13-16-9-5-2-6-10-16/h1-12,14H,13H2. The van der Waals surface area contributed by atoms with Crippen LogP contribution in [0, 0.1) is 0 Å². The summed E-state index contributed by atoms with van der Waals surface area (Å²) in [7, 11) is 0. The molecular weight excluding hydrogens is 246 g/mol. The quantitative estimate of drug-likeness (QED) is 0.694. The second-order valence-corrected chi connectivity index (χ2v) is 4.57. The van der Waals surface area contributed by atoms with E-state index in [1.54, 1.807) is 6.26 Å². The third kappa shape index (κ3) is 3.23. The van der Waals surface area contributed by atoms with E-state index in [4.69, 9.17) is 4.42 Å². The van der Waals surface area contributed by atoms with Crippen molar-refractivity contribution in [3.05, 3.63) is 89.6 Å². The molecule has 1 aromatic heterocycles. The monoisotopic (exact) mass is 261 g/mol. The average molecular weight is 261 g/mol. The second-order valence-electron chi connectivity index (χ2n) is 4.57. The maximum absolute atomic E-state index is 5.49. The Labute approximate surface area is 118 Å². The van der Waals surface area contributed by atoms with Crippen molar-refractivity contribution in [2.24, 2.45) is 0 Å². The molecule has 0 bridgehead atoms. The molecule has 0 unspecified atom stereocenters. The molecule has 2 aromatic carbocycles. The summed E-state index contributed by atoms with van der Waals surface area (Å²) >= 11 is 0. The first-order valence-corrected chi connectivity index (χ1v) is 6.61. The predicted octanol–water partition coefficient (Wildman–Crippen LogP) is 4.44.